The first-order valence-electron chi connectivity index (χ1n) is 1.38. The van der Waals surface area contributed by atoms with E-state index in [4.69, 9.17) is 5.73 Å². The summed E-state index contributed by atoms with van der Waals surface area (Å²) in [6, 6.07) is 0. The van der Waals surface area contributed by atoms with E-state index < -0.39 is 0 Å². The van der Waals surface area contributed by atoms with Crippen LogP contribution in [0.5, 0.6) is 0 Å². The van der Waals surface area contributed by atoms with Crippen LogP contribution in [-0.2, 0) is 16.8 Å². The zero-order chi connectivity index (χ0) is 4.41. The van der Waals surface area contributed by atoms with Gasteiger partial charge in [-0.05, 0) is 5.21 Å². The first-order chi connectivity index (χ1) is 2.89. The third kappa shape index (κ3) is 1.51. The Kier molecular flexibility index (Phi) is 2.31. The first kappa shape index (κ1) is 6.38. The van der Waals surface area contributed by atoms with E-state index in [1.54, 1.807) is 0 Å². The Hall–Kier alpha value is -0.624. The third-order valence-electron chi connectivity index (χ3n) is 0.362. The van der Waals surface area contributed by atoms with Crippen LogP contribution < -0.4 is 5.73 Å². The van der Waals surface area contributed by atoms with Crippen LogP contribution in [0.25, 0.3) is 0 Å². The molecule has 0 aliphatic carbocycles. The molecule has 5 nitrogen and oxygen atoms in total. The van der Waals surface area contributed by atoms with Gasteiger partial charge in [-0.25, -0.2) is 0 Å². The van der Waals surface area contributed by atoms with Gasteiger partial charge in [0.15, 0.2) is 0 Å². The maximum absolute atomic E-state index is 4.96. The van der Waals surface area contributed by atoms with E-state index in [0.29, 0.717) is 0 Å². The molecule has 3 N–H and O–H groups in total. The molecule has 0 aromatic carbocycles. The summed E-state index contributed by atoms with van der Waals surface area (Å²) in [6.07, 6.45) is 0. The fourth-order valence-electron chi connectivity index (χ4n) is 0.170. The number of H-pyrrole nitrogens is 1. The number of hydrogen-bond donors (Lipinski definition) is 2. The predicted octanol–water partition coefficient (Wildman–Crippen LogP) is -1.22. The maximum Gasteiger partial charge on any atom is 0.260 e. The molecular formula is CH3CoN5. The molecule has 0 aliphatic heterocycles. The average molecular weight is 144 g/mol. The average Bonchev–Trinajstić information content (AvgIpc) is 1.86. The molecule has 0 atom stereocenters. The minimum atomic E-state index is 0. The van der Waals surface area contributed by atoms with E-state index in [0.717, 1.165) is 0 Å². The van der Waals surface area contributed by atoms with Gasteiger partial charge in [-0.1, -0.05) is 5.10 Å². The van der Waals surface area contributed by atoms with Crippen LogP contribution >= 0.6 is 0 Å². The topological polar surface area (TPSA) is 80.5 Å². The molecule has 7 heavy (non-hydrogen) atoms. The van der Waals surface area contributed by atoms with Crippen molar-refractivity contribution < 1.29 is 16.8 Å². The van der Waals surface area contributed by atoms with Crippen molar-refractivity contribution in [1.82, 2.24) is 20.6 Å². The second-order valence-corrected chi connectivity index (χ2v) is 0.770. The smallest absolute Gasteiger partial charge is 0.260 e. The summed E-state index contributed by atoms with van der Waals surface area (Å²) in [5, 5.41) is 12.0. The normalized spacial score (nSPS) is 7.43. The summed E-state index contributed by atoms with van der Waals surface area (Å²) in [4.78, 5) is 0. The molecule has 1 heterocycles. The Bertz CT molecular complexity index is 112. The van der Waals surface area contributed by atoms with Crippen LogP contribution in [-0.4, -0.2) is 20.6 Å². The molecule has 1 rings (SSSR count). The van der Waals surface area contributed by atoms with E-state index in [1.807, 2.05) is 0 Å². The number of nitrogen functional groups attached to an aromatic ring is 1. The van der Waals surface area contributed by atoms with Gasteiger partial charge in [0, 0.05) is 16.8 Å². The number of aromatic amines is 1. The summed E-state index contributed by atoms with van der Waals surface area (Å²) < 4.78 is 0. The van der Waals surface area contributed by atoms with E-state index >= 15 is 0 Å². The van der Waals surface area contributed by atoms with E-state index in [2.05, 4.69) is 20.6 Å². The molecule has 1 aromatic rings. The number of nitrogens with zero attached hydrogens (tertiary/aromatic N) is 3. The quantitative estimate of drug-likeness (QED) is 0.478. The number of rotatable bonds is 0. The molecular weight excluding hydrogens is 141 g/mol. The Balaban J connectivity index is 0.000000360. The number of hydrogen-bond acceptors (Lipinski definition) is 4. The number of nitrogens with one attached hydrogen (secondary N) is 1. The summed E-state index contributed by atoms with van der Waals surface area (Å²) in [7, 11) is 0. The van der Waals surface area contributed by atoms with Crippen molar-refractivity contribution in [3.63, 3.8) is 0 Å². The molecule has 0 fully saturated rings. The van der Waals surface area contributed by atoms with Crippen LogP contribution in [0.4, 0.5) is 5.95 Å². The largest absolute Gasteiger partial charge is 0.365 e. The third-order valence-corrected chi connectivity index (χ3v) is 0.362. The molecule has 0 spiro atoms. The SMILES string of the molecule is Nc1nn[nH]n1.[Co]. The minimum Gasteiger partial charge on any atom is -0.365 e. The number of anilines is 1. The molecule has 41 valence electrons. The van der Waals surface area contributed by atoms with E-state index in [-0.39, 0.29) is 22.7 Å². The van der Waals surface area contributed by atoms with Crippen molar-refractivity contribution in [3.05, 3.63) is 0 Å². The molecule has 0 aliphatic rings. The van der Waals surface area contributed by atoms with E-state index in [1.165, 1.54) is 0 Å². The van der Waals surface area contributed by atoms with Gasteiger partial charge in [0.25, 0.3) is 5.95 Å². The van der Waals surface area contributed by atoms with Gasteiger partial charge in [0.1, 0.15) is 0 Å². The van der Waals surface area contributed by atoms with Gasteiger partial charge >= 0.3 is 0 Å². The van der Waals surface area contributed by atoms with Crippen LogP contribution in [0.15, 0.2) is 0 Å². The minimum absolute atomic E-state index is 0. The molecule has 1 aromatic heterocycles. The number of aromatic nitrogens is 4. The Morgan fingerprint density at radius 1 is 1.57 bits per heavy atom. The first-order valence-corrected chi connectivity index (χ1v) is 1.38. The van der Waals surface area contributed by atoms with Crippen molar-refractivity contribution in [3.8, 4) is 0 Å². The Morgan fingerprint density at radius 3 is 2.43 bits per heavy atom. The molecule has 1 radical (unpaired) electrons. The van der Waals surface area contributed by atoms with Gasteiger partial charge in [0.2, 0.25) is 0 Å². The standard InChI is InChI=1S/CH3N5.Co/c2-1-3-5-6-4-1;/h(H3,2,3,4,5,6);. The van der Waals surface area contributed by atoms with Gasteiger partial charge in [-0.15, -0.1) is 5.10 Å². The molecule has 0 unspecified atom stereocenters. The van der Waals surface area contributed by atoms with Crippen molar-refractivity contribution in [2.24, 2.45) is 0 Å². The summed E-state index contributed by atoms with van der Waals surface area (Å²) in [5.41, 5.74) is 4.96. The fraction of sp³-hybridized carbons (Fsp3) is 0. The van der Waals surface area contributed by atoms with Crippen LogP contribution in [0.1, 0.15) is 0 Å². The van der Waals surface area contributed by atoms with Crippen molar-refractivity contribution in [1.29, 1.82) is 0 Å². The van der Waals surface area contributed by atoms with Gasteiger partial charge in [-0.3, -0.25) is 0 Å². The summed E-state index contributed by atoms with van der Waals surface area (Å²) >= 11 is 0. The van der Waals surface area contributed by atoms with E-state index in [9.17, 15) is 0 Å². The predicted molar refractivity (Wildman–Crippen MR) is 18.6 cm³/mol. The van der Waals surface area contributed by atoms with Crippen molar-refractivity contribution >= 4 is 5.95 Å². The zero-order valence-electron chi connectivity index (χ0n) is 3.25. The molecule has 0 saturated carbocycles. The van der Waals surface area contributed by atoms with Crippen LogP contribution in [0, 0.1) is 0 Å². The van der Waals surface area contributed by atoms with Gasteiger partial charge in [0.05, 0.1) is 0 Å². The Labute approximate surface area is 49.9 Å². The summed E-state index contributed by atoms with van der Waals surface area (Å²) in [6.45, 7) is 0. The Morgan fingerprint density at radius 2 is 2.29 bits per heavy atom. The van der Waals surface area contributed by atoms with Crippen molar-refractivity contribution in [2.75, 3.05) is 5.73 Å². The van der Waals surface area contributed by atoms with Gasteiger partial charge in [-0.2, -0.15) is 5.21 Å². The second-order valence-electron chi connectivity index (χ2n) is 0.770. The number of nitrogens with two attached hydrogens (primary N) is 1. The van der Waals surface area contributed by atoms with Crippen molar-refractivity contribution in [2.45, 2.75) is 0 Å². The number of tetrazole rings is 1. The molecule has 0 bridgehead atoms. The zero-order valence-corrected chi connectivity index (χ0v) is 4.29. The molecule has 0 amide bonds. The summed E-state index contributed by atoms with van der Waals surface area (Å²) in [5.74, 6) is 0.176. The van der Waals surface area contributed by atoms with Gasteiger partial charge < -0.3 is 5.73 Å². The van der Waals surface area contributed by atoms with Crippen LogP contribution in [0.2, 0.25) is 0 Å². The molecule has 6 heteroatoms. The fourth-order valence-corrected chi connectivity index (χ4v) is 0.170. The second kappa shape index (κ2) is 2.53. The van der Waals surface area contributed by atoms with Crippen LogP contribution in [0.3, 0.4) is 0 Å². The monoisotopic (exact) mass is 144 g/mol. The molecule has 0 saturated heterocycles. The maximum atomic E-state index is 4.96.